The Morgan fingerprint density at radius 3 is 2.43 bits per heavy atom. The van der Waals surface area contributed by atoms with Gasteiger partial charge in [-0.1, -0.05) is 15.9 Å². The molecule has 1 aromatic heterocycles. The van der Waals surface area contributed by atoms with Crippen molar-refractivity contribution >= 4 is 48.9 Å². The maximum absolute atomic E-state index is 12.8. The third kappa shape index (κ3) is 4.03. The van der Waals surface area contributed by atoms with E-state index in [-0.39, 0.29) is 19.9 Å². The molecule has 124 valence electrons. The number of benzene rings is 1. The average Bonchev–Trinajstić information content (AvgIpc) is 2.90. The molecule has 0 bridgehead atoms. The molecule has 0 aliphatic rings. The molecule has 2 N–H and O–H groups in total. The van der Waals surface area contributed by atoms with Gasteiger partial charge in [0.2, 0.25) is 0 Å². The number of aromatic carboxylic acids is 1. The Kier molecular flexibility index (Phi) is 4.74. The van der Waals surface area contributed by atoms with Gasteiger partial charge in [-0.3, -0.25) is 4.72 Å². The Morgan fingerprint density at radius 2 is 1.91 bits per heavy atom. The Morgan fingerprint density at radius 1 is 1.26 bits per heavy atom. The minimum atomic E-state index is -4.65. The van der Waals surface area contributed by atoms with Gasteiger partial charge in [0.15, 0.2) is 0 Å². The first kappa shape index (κ1) is 17.8. The van der Waals surface area contributed by atoms with E-state index in [4.69, 9.17) is 5.11 Å². The lowest BCUT2D eigenvalue weighted by atomic mass is 10.2. The number of sulfonamides is 1. The lowest BCUT2D eigenvalue weighted by Crippen LogP contribution is -2.13. The molecule has 0 fully saturated rings. The molecule has 1 aromatic carbocycles. The van der Waals surface area contributed by atoms with E-state index in [0.29, 0.717) is 17.4 Å². The lowest BCUT2D eigenvalue weighted by Gasteiger charge is -2.12. The third-order valence-electron chi connectivity index (χ3n) is 2.61. The minimum Gasteiger partial charge on any atom is -0.478 e. The van der Waals surface area contributed by atoms with E-state index in [0.717, 1.165) is 23.6 Å². The standard InChI is InChI=1S/C12H7BrF3NO4S2/c13-9-2-1-7(4-8(9)12(14,15)16)17-23(20,21)10-3-6(5-22-10)11(18)19/h1-5,17H,(H,18,19). The molecule has 0 radical (unpaired) electrons. The molecule has 0 spiro atoms. The predicted octanol–water partition coefficient (Wildman–Crippen LogP) is 4.03. The fourth-order valence-electron chi connectivity index (χ4n) is 1.58. The van der Waals surface area contributed by atoms with Gasteiger partial charge in [0.25, 0.3) is 10.0 Å². The molecular formula is C12H7BrF3NO4S2. The van der Waals surface area contributed by atoms with Gasteiger partial charge in [0.1, 0.15) is 4.21 Å². The summed E-state index contributed by atoms with van der Waals surface area (Å²) in [5, 5.41) is 9.90. The van der Waals surface area contributed by atoms with Gasteiger partial charge in [-0.25, -0.2) is 13.2 Å². The zero-order valence-corrected chi connectivity index (χ0v) is 14.1. The molecule has 1 heterocycles. The van der Waals surface area contributed by atoms with Gasteiger partial charge in [-0.05, 0) is 24.3 Å². The second kappa shape index (κ2) is 6.13. The number of thiophene rings is 1. The van der Waals surface area contributed by atoms with Crippen LogP contribution < -0.4 is 4.72 Å². The summed E-state index contributed by atoms with van der Waals surface area (Å²) in [5.74, 6) is -1.30. The highest BCUT2D eigenvalue weighted by Crippen LogP contribution is 2.36. The summed E-state index contributed by atoms with van der Waals surface area (Å²) in [7, 11) is -4.18. The predicted molar refractivity (Wildman–Crippen MR) is 81.2 cm³/mol. The van der Waals surface area contributed by atoms with Gasteiger partial charge >= 0.3 is 12.1 Å². The van der Waals surface area contributed by atoms with Gasteiger partial charge in [-0.15, -0.1) is 11.3 Å². The molecule has 23 heavy (non-hydrogen) atoms. The third-order valence-corrected chi connectivity index (χ3v) is 6.12. The van der Waals surface area contributed by atoms with Gasteiger partial charge in [0.05, 0.1) is 11.1 Å². The molecular weight excluding hydrogens is 423 g/mol. The Balaban J connectivity index is 2.35. The number of alkyl halides is 3. The molecule has 0 saturated heterocycles. The normalized spacial score (nSPS) is 12.2. The second-order valence-electron chi connectivity index (χ2n) is 4.26. The first-order valence-corrected chi connectivity index (χ1v) is 8.87. The smallest absolute Gasteiger partial charge is 0.417 e. The zero-order valence-electron chi connectivity index (χ0n) is 10.9. The zero-order chi connectivity index (χ0) is 17.4. The van der Waals surface area contributed by atoms with Crippen LogP contribution in [0.1, 0.15) is 15.9 Å². The first-order valence-electron chi connectivity index (χ1n) is 5.72. The highest BCUT2D eigenvalue weighted by Gasteiger charge is 2.33. The second-order valence-corrected chi connectivity index (χ2v) is 7.93. The number of anilines is 1. The van der Waals surface area contributed by atoms with Gasteiger partial charge in [0, 0.05) is 15.5 Å². The van der Waals surface area contributed by atoms with Crippen LogP contribution in [-0.2, 0) is 16.2 Å². The number of hydrogen-bond acceptors (Lipinski definition) is 4. The number of carboxylic acid groups (broad SMARTS) is 1. The Hall–Kier alpha value is -1.59. The number of halogens is 4. The van der Waals surface area contributed by atoms with E-state index >= 15 is 0 Å². The molecule has 0 atom stereocenters. The first-order chi connectivity index (χ1) is 10.5. The van der Waals surface area contributed by atoms with Crippen LogP contribution in [0.15, 0.2) is 38.3 Å². The van der Waals surface area contributed by atoms with Crippen molar-refractivity contribution in [2.75, 3.05) is 4.72 Å². The van der Waals surface area contributed by atoms with E-state index in [2.05, 4.69) is 15.9 Å². The highest BCUT2D eigenvalue weighted by atomic mass is 79.9. The van der Waals surface area contributed by atoms with Crippen molar-refractivity contribution in [1.29, 1.82) is 0 Å². The maximum atomic E-state index is 12.8. The highest BCUT2D eigenvalue weighted by molar-refractivity contribution is 9.10. The van der Waals surface area contributed by atoms with Crippen molar-refractivity contribution in [3.05, 3.63) is 45.2 Å². The fourth-order valence-corrected chi connectivity index (χ4v) is 4.26. The number of rotatable bonds is 4. The summed E-state index contributed by atoms with van der Waals surface area (Å²) in [6, 6.07) is 3.80. The van der Waals surface area contributed by atoms with Crippen molar-refractivity contribution in [2.24, 2.45) is 0 Å². The molecule has 5 nitrogen and oxygen atoms in total. The SMILES string of the molecule is O=C(O)c1csc(S(=O)(=O)Nc2ccc(Br)c(C(F)(F)F)c2)c1. The van der Waals surface area contributed by atoms with E-state index in [1.54, 1.807) is 0 Å². The molecule has 0 aliphatic heterocycles. The maximum Gasteiger partial charge on any atom is 0.417 e. The molecule has 0 unspecified atom stereocenters. The number of nitrogens with one attached hydrogen (secondary N) is 1. The van der Waals surface area contributed by atoms with E-state index in [1.165, 1.54) is 0 Å². The summed E-state index contributed by atoms with van der Waals surface area (Å²) in [5.41, 5.74) is -1.54. The number of hydrogen-bond donors (Lipinski definition) is 2. The van der Waals surface area contributed by atoms with Gasteiger partial charge in [-0.2, -0.15) is 13.2 Å². The molecule has 2 aromatic rings. The van der Waals surface area contributed by atoms with Crippen molar-refractivity contribution in [1.82, 2.24) is 0 Å². The summed E-state index contributed by atoms with van der Waals surface area (Å²) < 4.78 is 64.1. The van der Waals surface area contributed by atoms with E-state index in [9.17, 15) is 26.4 Å². The summed E-state index contributed by atoms with van der Waals surface area (Å²) >= 11 is 3.40. The van der Waals surface area contributed by atoms with Crippen LogP contribution in [0.2, 0.25) is 0 Å². The minimum absolute atomic E-state index is 0.220. The van der Waals surface area contributed by atoms with Crippen LogP contribution in [-0.4, -0.2) is 19.5 Å². The topological polar surface area (TPSA) is 83.5 Å². The molecule has 0 aliphatic carbocycles. The monoisotopic (exact) mass is 429 g/mol. The van der Waals surface area contributed by atoms with Crippen LogP contribution in [0.4, 0.5) is 18.9 Å². The summed E-state index contributed by atoms with van der Waals surface area (Å²) in [4.78, 5) is 10.8. The van der Waals surface area contributed by atoms with Crippen molar-refractivity contribution in [3.8, 4) is 0 Å². The molecule has 11 heteroatoms. The number of carbonyl (C=O) groups is 1. The van der Waals surface area contributed by atoms with E-state index in [1.807, 2.05) is 4.72 Å². The molecule has 0 saturated carbocycles. The summed E-state index contributed by atoms with van der Waals surface area (Å²) in [6.45, 7) is 0. The number of carboxylic acids is 1. The molecule has 0 amide bonds. The average molecular weight is 430 g/mol. The van der Waals surface area contributed by atoms with Crippen LogP contribution in [0.3, 0.4) is 0 Å². The van der Waals surface area contributed by atoms with Crippen molar-refractivity contribution in [3.63, 3.8) is 0 Å². The van der Waals surface area contributed by atoms with Crippen LogP contribution in [0.25, 0.3) is 0 Å². The fraction of sp³-hybridized carbons (Fsp3) is 0.0833. The van der Waals surface area contributed by atoms with Crippen molar-refractivity contribution in [2.45, 2.75) is 10.4 Å². The largest absolute Gasteiger partial charge is 0.478 e. The summed E-state index contributed by atoms with van der Waals surface area (Å²) in [6.07, 6.45) is -4.65. The quantitative estimate of drug-likeness (QED) is 0.768. The van der Waals surface area contributed by atoms with Crippen LogP contribution >= 0.6 is 27.3 Å². The van der Waals surface area contributed by atoms with Crippen LogP contribution in [0.5, 0.6) is 0 Å². The lowest BCUT2D eigenvalue weighted by molar-refractivity contribution is -0.138. The Bertz CT molecular complexity index is 861. The van der Waals surface area contributed by atoms with E-state index < -0.39 is 27.7 Å². The van der Waals surface area contributed by atoms with Crippen molar-refractivity contribution < 1.29 is 31.5 Å². The molecule has 2 rings (SSSR count). The van der Waals surface area contributed by atoms with Gasteiger partial charge < -0.3 is 5.11 Å². The van der Waals surface area contributed by atoms with Crippen LogP contribution in [0, 0.1) is 0 Å². The Labute approximate surface area is 140 Å².